The van der Waals surface area contributed by atoms with Crippen LogP contribution in [0.3, 0.4) is 0 Å². The van der Waals surface area contributed by atoms with Crippen molar-refractivity contribution in [2.24, 2.45) is 20.0 Å². The first-order valence-corrected chi connectivity index (χ1v) is 6.98. The van der Waals surface area contributed by atoms with E-state index in [1.807, 2.05) is 7.05 Å². The summed E-state index contributed by atoms with van der Waals surface area (Å²) in [6.07, 6.45) is 2.05. The molecule has 2 aromatic rings. The largest absolute Gasteiger partial charge is 0.461 e. The van der Waals surface area contributed by atoms with Gasteiger partial charge in [0.25, 0.3) is 11.6 Å². The van der Waals surface area contributed by atoms with Crippen LogP contribution >= 0.6 is 0 Å². The van der Waals surface area contributed by atoms with Crippen LogP contribution in [0.15, 0.2) is 9.59 Å². The Morgan fingerprint density at radius 3 is 2.71 bits per heavy atom. The van der Waals surface area contributed by atoms with Gasteiger partial charge in [-0.25, -0.2) is 4.79 Å². The van der Waals surface area contributed by atoms with E-state index in [1.54, 1.807) is 7.05 Å². The van der Waals surface area contributed by atoms with Gasteiger partial charge >= 0.3 is 5.69 Å². The molecule has 2 heterocycles. The van der Waals surface area contributed by atoms with Gasteiger partial charge in [-0.1, -0.05) is 0 Å². The number of hydrogen-bond donors (Lipinski definition) is 2. The minimum atomic E-state index is -0.400. The van der Waals surface area contributed by atoms with Crippen LogP contribution < -0.4 is 21.3 Å². The molecular weight excluding hydrogens is 274 g/mol. The van der Waals surface area contributed by atoms with Crippen LogP contribution in [0.2, 0.25) is 0 Å². The van der Waals surface area contributed by atoms with Crippen LogP contribution in [0.4, 0.5) is 0 Å². The molecule has 114 valence electrons. The zero-order valence-electron chi connectivity index (χ0n) is 12.3. The molecule has 0 aliphatic heterocycles. The van der Waals surface area contributed by atoms with Gasteiger partial charge in [-0.15, -0.1) is 0 Å². The summed E-state index contributed by atoms with van der Waals surface area (Å²) in [6.45, 7) is 0.981. The number of nitrogens with one attached hydrogen (secondary N) is 2. The van der Waals surface area contributed by atoms with E-state index < -0.39 is 11.2 Å². The highest BCUT2D eigenvalue weighted by Crippen LogP contribution is 2.30. The second-order valence-corrected chi connectivity index (χ2v) is 5.58. The highest BCUT2D eigenvalue weighted by molar-refractivity contribution is 5.70. The van der Waals surface area contributed by atoms with Crippen LogP contribution in [0, 0.1) is 5.92 Å². The molecule has 0 atom stereocenters. The molecule has 0 spiro atoms. The van der Waals surface area contributed by atoms with E-state index >= 15 is 0 Å². The molecule has 0 unspecified atom stereocenters. The van der Waals surface area contributed by atoms with Gasteiger partial charge in [-0.2, -0.15) is 4.98 Å². The molecule has 2 aromatic heterocycles. The third-order valence-corrected chi connectivity index (χ3v) is 4.04. The topological polar surface area (TPSA) is 93.9 Å². The standard InChI is InChI=1S/C13H19N5O3/c1-14-6-7-4-8(5-7)21-12-15-9-10(16-12)17(2)13(20)18(3)11(9)19/h7-8,14H,4-6H2,1-3H3,(H,15,16). The van der Waals surface area contributed by atoms with Crippen LogP contribution in [-0.2, 0) is 14.1 Å². The smallest absolute Gasteiger partial charge is 0.332 e. The van der Waals surface area contributed by atoms with E-state index in [4.69, 9.17) is 4.74 Å². The molecule has 8 heteroatoms. The van der Waals surface area contributed by atoms with E-state index in [2.05, 4.69) is 15.3 Å². The van der Waals surface area contributed by atoms with Gasteiger partial charge in [0.05, 0.1) is 0 Å². The zero-order chi connectivity index (χ0) is 15.1. The normalized spacial score (nSPS) is 21.5. The van der Waals surface area contributed by atoms with E-state index in [0.29, 0.717) is 23.1 Å². The highest BCUT2D eigenvalue weighted by Gasteiger charge is 2.31. The molecule has 3 rings (SSSR count). The van der Waals surface area contributed by atoms with Crippen molar-refractivity contribution in [3.8, 4) is 6.01 Å². The Morgan fingerprint density at radius 1 is 1.33 bits per heavy atom. The average molecular weight is 293 g/mol. The van der Waals surface area contributed by atoms with Gasteiger partial charge in [-0.05, 0) is 32.4 Å². The van der Waals surface area contributed by atoms with Crippen molar-refractivity contribution in [2.45, 2.75) is 18.9 Å². The fourth-order valence-electron chi connectivity index (χ4n) is 2.74. The highest BCUT2D eigenvalue weighted by atomic mass is 16.5. The molecule has 1 aliphatic rings. The second kappa shape index (κ2) is 5.03. The molecule has 0 radical (unpaired) electrons. The summed E-state index contributed by atoms with van der Waals surface area (Å²) in [5.41, 5.74) is -0.176. The number of H-pyrrole nitrogens is 1. The summed E-state index contributed by atoms with van der Waals surface area (Å²) in [4.78, 5) is 31.0. The third-order valence-electron chi connectivity index (χ3n) is 4.04. The number of fused-ring (bicyclic) bond motifs is 1. The van der Waals surface area contributed by atoms with E-state index in [-0.39, 0.29) is 6.10 Å². The van der Waals surface area contributed by atoms with Crippen molar-refractivity contribution in [3.63, 3.8) is 0 Å². The molecular formula is C13H19N5O3. The lowest BCUT2D eigenvalue weighted by Gasteiger charge is -2.34. The Bertz CT molecular complexity index is 781. The van der Waals surface area contributed by atoms with Crippen LogP contribution in [0.1, 0.15) is 12.8 Å². The van der Waals surface area contributed by atoms with Gasteiger partial charge in [0.1, 0.15) is 6.10 Å². The summed E-state index contributed by atoms with van der Waals surface area (Å²) in [5, 5.41) is 3.14. The number of rotatable bonds is 4. The first-order valence-electron chi connectivity index (χ1n) is 6.98. The maximum atomic E-state index is 12.0. The van der Waals surface area contributed by atoms with Gasteiger partial charge in [0.15, 0.2) is 11.2 Å². The Hall–Kier alpha value is -2.09. The molecule has 0 saturated heterocycles. The van der Waals surface area contributed by atoms with Gasteiger partial charge in [-0.3, -0.25) is 13.9 Å². The molecule has 1 aliphatic carbocycles. The quantitative estimate of drug-likeness (QED) is 0.780. The third kappa shape index (κ3) is 2.25. The molecule has 8 nitrogen and oxygen atoms in total. The maximum absolute atomic E-state index is 12.0. The zero-order valence-corrected chi connectivity index (χ0v) is 12.3. The van der Waals surface area contributed by atoms with Crippen LogP contribution in [-0.4, -0.2) is 38.8 Å². The van der Waals surface area contributed by atoms with Gasteiger partial charge in [0.2, 0.25) is 0 Å². The monoisotopic (exact) mass is 293 g/mol. The fraction of sp³-hybridized carbons (Fsp3) is 0.615. The van der Waals surface area contributed by atoms with Crippen LogP contribution in [0.25, 0.3) is 11.2 Å². The minimum absolute atomic E-state index is 0.116. The number of ether oxygens (including phenoxy) is 1. The fourth-order valence-corrected chi connectivity index (χ4v) is 2.74. The summed E-state index contributed by atoms with van der Waals surface area (Å²) in [6, 6.07) is 0.302. The SMILES string of the molecule is CNCC1CC(Oc2nc3c([nH]2)c(=O)n(C)c(=O)n3C)C1. The molecule has 2 N–H and O–H groups in total. The number of aromatic nitrogens is 4. The van der Waals surface area contributed by atoms with Gasteiger partial charge < -0.3 is 15.0 Å². The average Bonchev–Trinajstić information content (AvgIpc) is 2.85. The molecule has 0 bridgehead atoms. The summed E-state index contributed by atoms with van der Waals surface area (Å²) in [7, 11) is 4.96. The summed E-state index contributed by atoms with van der Waals surface area (Å²) < 4.78 is 8.13. The van der Waals surface area contributed by atoms with Crippen molar-refractivity contribution in [1.29, 1.82) is 0 Å². The van der Waals surface area contributed by atoms with Gasteiger partial charge in [0, 0.05) is 14.1 Å². The molecule has 0 aromatic carbocycles. The van der Waals surface area contributed by atoms with Crippen molar-refractivity contribution >= 4 is 11.2 Å². The predicted octanol–water partition coefficient (Wildman–Crippen LogP) is -0.663. The maximum Gasteiger partial charge on any atom is 0.332 e. The lowest BCUT2D eigenvalue weighted by molar-refractivity contribution is 0.0584. The van der Waals surface area contributed by atoms with E-state index in [0.717, 1.165) is 24.0 Å². The van der Waals surface area contributed by atoms with E-state index in [1.165, 1.54) is 11.6 Å². The van der Waals surface area contributed by atoms with Crippen molar-refractivity contribution in [2.75, 3.05) is 13.6 Å². The Labute approximate surface area is 120 Å². The molecule has 21 heavy (non-hydrogen) atoms. The number of nitrogens with zero attached hydrogens (tertiary/aromatic N) is 3. The minimum Gasteiger partial charge on any atom is -0.461 e. The van der Waals surface area contributed by atoms with Crippen LogP contribution in [0.5, 0.6) is 6.01 Å². The first-order chi connectivity index (χ1) is 10.0. The van der Waals surface area contributed by atoms with Crippen molar-refractivity contribution in [1.82, 2.24) is 24.4 Å². The lowest BCUT2D eigenvalue weighted by Crippen LogP contribution is -2.38. The number of hydrogen-bond acceptors (Lipinski definition) is 5. The Balaban J connectivity index is 1.86. The molecule has 0 amide bonds. The number of imidazole rings is 1. The Kier molecular flexibility index (Phi) is 3.32. The number of aryl methyl sites for hydroxylation is 1. The molecule has 1 fully saturated rings. The summed E-state index contributed by atoms with van der Waals surface area (Å²) in [5.74, 6) is 0.626. The molecule has 1 saturated carbocycles. The Morgan fingerprint density at radius 2 is 2.05 bits per heavy atom. The lowest BCUT2D eigenvalue weighted by atomic mass is 9.82. The van der Waals surface area contributed by atoms with Crippen molar-refractivity contribution in [3.05, 3.63) is 20.8 Å². The van der Waals surface area contributed by atoms with Crippen molar-refractivity contribution < 1.29 is 4.74 Å². The second-order valence-electron chi connectivity index (χ2n) is 5.58. The summed E-state index contributed by atoms with van der Waals surface area (Å²) >= 11 is 0. The first kappa shape index (κ1) is 13.9. The number of aromatic amines is 1. The predicted molar refractivity (Wildman–Crippen MR) is 77.6 cm³/mol. The van der Waals surface area contributed by atoms with E-state index in [9.17, 15) is 9.59 Å².